The molecule has 1 amide bonds. The van der Waals surface area contributed by atoms with Crippen LogP contribution in [0.5, 0.6) is 0 Å². The molecule has 2 rings (SSSR count). The van der Waals surface area contributed by atoms with E-state index in [1.165, 1.54) is 12.1 Å². The topological polar surface area (TPSA) is 66.4 Å². The highest BCUT2D eigenvalue weighted by Gasteiger charge is 2.27. The van der Waals surface area contributed by atoms with Crippen LogP contribution in [-0.4, -0.2) is 23.0 Å². The molecule has 1 aliphatic rings. The molecule has 1 aromatic carbocycles. The normalized spacial score (nSPS) is 21.8. The molecule has 0 aromatic heterocycles. The first-order chi connectivity index (χ1) is 9.97. The molecule has 21 heavy (non-hydrogen) atoms. The van der Waals surface area contributed by atoms with E-state index < -0.39 is 29.4 Å². The van der Waals surface area contributed by atoms with E-state index in [9.17, 15) is 18.4 Å². The van der Waals surface area contributed by atoms with Gasteiger partial charge in [-0.2, -0.15) is 0 Å². The van der Waals surface area contributed by atoms with Gasteiger partial charge in [-0.05, 0) is 25.3 Å². The highest BCUT2D eigenvalue weighted by atomic mass is 19.2. The molecule has 2 N–H and O–H groups in total. The van der Waals surface area contributed by atoms with Crippen molar-refractivity contribution in [3.8, 4) is 0 Å². The predicted octanol–water partition coefficient (Wildman–Crippen LogP) is 2.27. The lowest BCUT2D eigenvalue weighted by Gasteiger charge is -2.27. The maximum Gasteiger partial charge on any atom is 0.306 e. The van der Waals surface area contributed by atoms with Gasteiger partial charge in [0.05, 0.1) is 12.3 Å². The third kappa shape index (κ3) is 4.00. The largest absolute Gasteiger partial charge is 0.481 e. The Morgan fingerprint density at radius 2 is 2.05 bits per heavy atom. The van der Waals surface area contributed by atoms with Gasteiger partial charge < -0.3 is 10.4 Å². The highest BCUT2D eigenvalue weighted by molar-refractivity contribution is 5.79. The maximum atomic E-state index is 13.5. The summed E-state index contributed by atoms with van der Waals surface area (Å²) in [5.41, 5.74) is -0.00176. The molecule has 6 heteroatoms. The number of carboxylic acids is 1. The maximum absolute atomic E-state index is 13.5. The van der Waals surface area contributed by atoms with E-state index in [1.54, 1.807) is 0 Å². The van der Waals surface area contributed by atoms with Crippen LogP contribution in [-0.2, 0) is 16.0 Å². The van der Waals surface area contributed by atoms with E-state index in [0.29, 0.717) is 19.3 Å². The summed E-state index contributed by atoms with van der Waals surface area (Å²) in [5, 5.41) is 11.7. The minimum absolute atomic E-state index is 0.00176. The number of nitrogens with one attached hydrogen (secondary N) is 1. The zero-order valence-corrected chi connectivity index (χ0v) is 11.4. The number of carboxylic acid groups (broad SMARTS) is 1. The second-order valence-electron chi connectivity index (χ2n) is 5.36. The van der Waals surface area contributed by atoms with Crippen molar-refractivity contribution in [2.75, 3.05) is 0 Å². The van der Waals surface area contributed by atoms with E-state index in [4.69, 9.17) is 5.11 Å². The summed E-state index contributed by atoms with van der Waals surface area (Å²) in [7, 11) is 0. The second kappa shape index (κ2) is 6.65. The Kier molecular flexibility index (Phi) is 4.88. The van der Waals surface area contributed by atoms with E-state index in [0.717, 1.165) is 12.5 Å². The summed E-state index contributed by atoms with van der Waals surface area (Å²) >= 11 is 0. The Hall–Kier alpha value is -1.98. The van der Waals surface area contributed by atoms with Gasteiger partial charge in [-0.15, -0.1) is 0 Å². The van der Waals surface area contributed by atoms with Crippen LogP contribution in [0.25, 0.3) is 0 Å². The monoisotopic (exact) mass is 297 g/mol. The average molecular weight is 297 g/mol. The zero-order valence-electron chi connectivity index (χ0n) is 11.4. The van der Waals surface area contributed by atoms with Crippen molar-refractivity contribution in [1.82, 2.24) is 5.32 Å². The molecular formula is C15H17F2NO3. The van der Waals surface area contributed by atoms with Crippen LogP contribution in [0.4, 0.5) is 8.78 Å². The lowest BCUT2D eigenvalue weighted by Crippen LogP contribution is -2.40. The lowest BCUT2D eigenvalue weighted by molar-refractivity contribution is -0.143. The molecule has 1 saturated carbocycles. The number of carbonyl (C=O) groups is 2. The summed E-state index contributed by atoms with van der Waals surface area (Å²) < 4.78 is 26.5. The van der Waals surface area contributed by atoms with Gasteiger partial charge >= 0.3 is 5.97 Å². The standard InChI is InChI=1S/C15H17F2NO3/c16-12-6-2-3-9(14(12)17)8-13(19)18-11-5-1-4-10(7-11)15(20)21/h2-3,6,10-11H,1,4-5,7-8H2,(H,18,19)(H,20,21). The first-order valence-corrected chi connectivity index (χ1v) is 6.92. The van der Waals surface area contributed by atoms with Crippen LogP contribution < -0.4 is 5.32 Å². The molecule has 2 unspecified atom stereocenters. The number of benzene rings is 1. The van der Waals surface area contributed by atoms with E-state index >= 15 is 0 Å². The number of halogens is 2. The Balaban J connectivity index is 1.92. The van der Waals surface area contributed by atoms with Crippen molar-refractivity contribution in [2.24, 2.45) is 5.92 Å². The van der Waals surface area contributed by atoms with Crippen molar-refractivity contribution in [1.29, 1.82) is 0 Å². The van der Waals surface area contributed by atoms with Crippen molar-refractivity contribution >= 4 is 11.9 Å². The van der Waals surface area contributed by atoms with E-state index in [1.807, 2.05) is 0 Å². The van der Waals surface area contributed by atoms with Crippen LogP contribution in [0.1, 0.15) is 31.2 Å². The Labute approximate surface area is 121 Å². The summed E-state index contributed by atoms with van der Waals surface area (Å²) in [6, 6.07) is 3.49. The fourth-order valence-corrected chi connectivity index (χ4v) is 2.68. The number of carbonyl (C=O) groups excluding carboxylic acids is 1. The molecule has 0 aliphatic heterocycles. The average Bonchev–Trinajstić information content (AvgIpc) is 2.44. The molecular weight excluding hydrogens is 280 g/mol. The predicted molar refractivity (Wildman–Crippen MR) is 71.6 cm³/mol. The van der Waals surface area contributed by atoms with Crippen LogP contribution in [0.3, 0.4) is 0 Å². The number of amides is 1. The van der Waals surface area contributed by atoms with Crippen molar-refractivity contribution < 1.29 is 23.5 Å². The van der Waals surface area contributed by atoms with Crippen LogP contribution in [0.2, 0.25) is 0 Å². The lowest BCUT2D eigenvalue weighted by atomic mass is 9.85. The van der Waals surface area contributed by atoms with Gasteiger partial charge in [0.15, 0.2) is 11.6 Å². The first kappa shape index (κ1) is 15.4. The molecule has 0 spiro atoms. The molecule has 0 heterocycles. The Bertz CT molecular complexity index is 548. The molecule has 0 saturated heterocycles. The molecule has 114 valence electrons. The Morgan fingerprint density at radius 1 is 1.29 bits per heavy atom. The van der Waals surface area contributed by atoms with Crippen molar-refractivity contribution in [3.63, 3.8) is 0 Å². The van der Waals surface area contributed by atoms with Crippen LogP contribution in [0.15, 0.2) is 18.2 Å². The van der Waals surface area contributed by atoms with Gasteiger partial charge in [-0.1, -0.05) is 18.6 Å². The zero-order chi connectivity index (χ0) is 15.4. The van der Waals surface area contributed by atoms with Gasteiger partial charge in [-0.25, -0.2) is 8.78 Å². The molecule has 0 radical (unpaired) electrons. The Morgan fingerprint density at radius 3 is 2.76 bits per heavy atom. The number of rotatable bonds is 4. The number of hydrogen-bond acceptors (Lipinski definition) is 2. The van der Waals surface area contributed by atoms with Gasteiger partial charge in [0.25, 0.3) is 0 Å². The molecule has 2 atom stereocenters. The van der Waals surface area contributed by atoms with Crippen LogP contribution >= 0.6 is 0 Å². The number of hydrogen-bond donors (Lipinski definition) is 2. The summed E-state index contributed by atoms with van der Waals surface area (Å²) in [4.78, 5) is 22.8. The van der Waals surface area contributed by atoms with Gasteiger partial charge in [0, 0.05) is 11.6 Å². The van der Waals surface area contributed by atoms with Gasteiger partial charge in [-0.3, -0.25) is 9.59 Å². The second-order valence-corrected chi connectivity index (χ2v) is 5.36. The highest BCUT2D eigenvalue weighted by Crippen LogP contribution is 2.24. The van der Waals surface area contributed by atoms with E-state index in [-0.39, 0.29) is 18.0 Å². The van der Waals surface area contributed by atoms with Gasteiger partial charge in [0.1, 0.15) is 0 Å². The van der Waals surface area contributed by atoms with Gasteiger partial charge in [0.2, 0.25) is 5.91 Å². The third-order valence-corrected chi connectivity index (χ3v) is 3.77. The third-order valence-electron chi connectivity index (χ3n) is 3.77. The number of aliphatic carboxylic acids is 1. The smallest absolute Gasteiger partial charge is 0.306 e. The fraction of sp³-hybridized carbons (Fsp3) is 0.467. The molecule has 1 aromatic rings. The SMILES string of the molecule is O=C(Cc1cccc(F)c1F)NC1CCCC(C(=O)O)C1. The van der Waals surface area contributed by atoms with Crippen LogP contribution in [0, 0.1) is 17.6 Å². The molecule has 1 fully saturated rings. The summed E-state index contributed by atoms with van der Waals surface area (Å²) in [6.45, 7) is 0. The van der Waals surface area contributed by atoms with E-state index in [2.05, 4.69) is 5.32 Å². The molecule has 4 nitrogen and oxygen atoms in total. The molecule has 0 bridgehead atoms. The van der Waals surface area contributed by atoms with Crippen molar-refractivity contribution in [2.45, 2.75) is 38.1 Å². The first-order valence-electron chi connectivity index (χ1n) is 6.92. The molecule has 1 aliphatic carbocycles. The summed E-state index contributed by atoms with van der Waals surface area (Å²) in [6.07, 6.45) is 2.18. The quantitative estimate of drug-likeness (QED) is 0.896. The minimum atomic E-state index is -1.01. The minimum Gasteiger partial charge on any atom is -0.481 e. The summed E-state index contributed by atoms with van der Waals surface area (Å²) in [5.74, 6) is -3.72. The fourth-order valence-electron chi connectivity index (χ4n) is 2.68. The van der Waals surface area contributed by atoms with Crippen molar-refractivity contribution in [3.05, 3.63) is 35.4 Å².